The van der Waals surface area contributed by atoms with Crippen molar-refractivity contribution in [3.63, 3.8) is 0 Å². The van der Waals surface area contributed by atoms with Gasteiger partial charge in [-0.2, -0.15) is 0 Å². The van der Waals surface area contributed by atoms with Crippen LogP contribution in [-0.2, 0) is 6.54 Å². The molecular formula is C27H32N4O4. The van der Waals surface area contributed by atoms with Crippen LogP contribution in [0.3, 0.4) is 0 Å². The minimum absolute atomic E-state index is 0.0393. The van der Waals surface area contributed by atoms with Crippen molar-refractivity contribution >= 4 is 11.7 Å². The number of aryl methyl sites for hydroxylation is 1. The number of benzene rings is 2. The van der Waals surface area contributed by atoms with Gasteiger partial charge in [-0.25, -0.2) is 9.78 Å². The van der Waals surface area contributed by atoms with Gasteiger partial charge in [-0.1, -0.05) is 12.1 Å². The molecule has 0 bridgehead atoms. The van der Waals surface area contributed by atoms with Crippen LogP contribution in [0, 0.1) is 12.8 Å². The van der Waals surface area contributed by atoms with Gasteiger partial charge in [0, 0.05) is 51.4 Å². The Bertz CT molecular complexity index is 1170. The molecule has 0 atom stereocenters. The molecular weight excluding hydrogens is 444 g/mol. The summed E-state index contributed by atoms with van der Waals surface area (Å²) in [4.78, 5) is 21.1. The van der Waals surface area contributed by atoms with Crippen LogP contribution in [0.2, 0.25) is 0 Å². The van der Waals surface area contributed by atoms with Crippen LogP contribution in [0.5, 0.6) is 11.5 Å². The van der Waals surface area contributed by atoms with E-state index < -0.39 is 0 Å². The number of hydrogen-bond donors (Lipinski definition) is 1. The third-order valence-electron chi connectivity index (χ3n) is 6.53. The van der Waals surface area contributed by atoms with Gasteiger partial charge in [0.1, 0.15) is 11.5 Å². The predicted octanol–water partition coefficient (Wildman–Crippen LogP) is 4.48. The van der Waals surface area contributed by atoms with E-state index in [1.807, 2.05) is 48.2 Å². The summed E-state index contributed by atoms with van der Waals surface area (Å²) >= 11 is 0. The highest BCUT2D eigenvalue weighted by Gasteiger charge is 2.23. The van der Waals surface area contributed by atoms with Gasteiger partial charge in [0.15, 0.2) is 11.7 Å². The van der Waals surface area contributed by atoms with Crippen molar-refractivity contribution in [2.75, 3.05) is 44.8 Å². The Morgan fingerprint density at radius 2 is 1.97 bits per heavy atom. The monoisotopic (exact) mass is 476 g/mol. The van der Waals surface area contributed by atoms with E-state index in [4.69, 9.17) is 13.9 Å². The molecule has 1 N–H and O–H groups in total. The number of hydrogen-bond acceptors (Lipinski definition) is 6. The van der Waals surface area contributed by atoms with Crippen LogP contribution < -0.4 is 19.7 Å². The Morgan fingerprint density at radius 3 is 2.69 bits per heavy atom. The number of urea groups is 1. The second kappa shape index (κ2) is 10.3. The molecule has 5 rings (SSSR count). The maximum atomic E-state index is 12.8. The van der Waals surface area contributed by atoms with Crippen LogP contribution in [-0.4, -0.2) is 55.8 Å². The number of piperazine rings is 1. The van der Waals surface area contributed by atoms with Gasteiger partial charge in [0.05, 0.1) is 25.5 Å². The first-order chi connectivity index (χ1) is 17.1. The predicted molar refractivity (Wildman–Crippen MR) is 134 cm³/mol. The number of anilines is 1. The molecule has 184 valence electrons. The van der Waals surface area contributed by atoms with Crippen LogP contribution in [0.15, 0.2) is 53.1 Å². The molecule has 8 heteroatoms. The molecule has 2 aromatic carbocycles. The van der Waals surface area contributed by atoms with Crippen LogP contribution in [0.25, 0.3) is 11.3 Å². The molecule has 1 aliphatic carbocycles. The van der Waals surface area contributed by atoms with E-state index >= 15 is 0 Å². The molecule has 1 aliphatic heterocycles. The topological polar surface area (TPSA) is 80.1 Å². The summed E-state index contributed by atoms with van der Waals surface area (Å²) in [7, 11) is 1.66. The fraction of sp³-hybridized carbons (Fsp3) is 0.407. The van der Waals surface area contributed by atoms with Crippen molar-refractivity contribution in [3.05, 3.63) is 60.1 Å². The summed E-state index contributed by atoms with van der Waals surface area (Å²) in [6.07, 6.45) is 4.25. The average Bonchev–Trinajstić information content (AvgIpc) is 3.64. The van der Waals surface area contributed by atoms with Gasteiger partial charge >= 0.3 is 6.03 Å². The van der Waals surface area contributed by atoms with E-state index in [1.54, 1.807) is 13.3 Å². The standard InChI is InChI=1S/C27H32N4O4/c1-19-28-17-26(35-19)24-9-8-22(15-25(24)33-2)30-10-12-31(13-11-30)27(32)29-16-21-4-3-5-23(14-21)34-18-20-6-7-20/h3-5,8-9,14-15,17,20H,6-7,10-13,16,18H2,1-2H3,(H,29,32). The second-order valence-corrected chi connectivity index (χ2v) is 9.16. The lowest BCUT2D eigenvalue weighted by atomic mass is 10.1. The molecule has 2 heterocycles. The van der Waals surface area contributed by atoms with E-state index in [1.165, 1.54) is 12.8 Å². The highest BCUT2D eigenvalue weighted by atomic mass is 16.5. The van der Waals surface area contributed by atoms with Crippen molar-refractivity contribution < 1.29 is 18.7 Å². The van der Waals surface area contributed by atoms with Crippen molar-refractivity contribution in [2.24, 2.45) is 5.92 Å². The summed E-state index contributed by atoms with van der Waals surface area (Å²) < 4.78 is 17.1. The molecule has 0 unspecified atom stereocenters. The largest absolute Gasteiger partial charge is 0.496 e. The van der Waals surface area contributed by atoms with Gasteiger partial charge in [-0.05, 0) is 48.6 Å². The number of methoxy groups -OCH3 is 1. The zero-order valence-electron chi connectivity index (χ0n) is 20.3. The highest BCUT2D eigenvalue weighted by Crippen LogP contribution is 2.34. The van der Waals surface area contributed by atoms with Gasteiger partial charge in [0.25, 0.3) is 0 Å². The molecule has 0 radical (unpaired) electrons. The van der Waals surface area contributed by atoms with Gasteiger partial charge in [0.2, 0.25) is 0 Å². The van der Waals surface area contributed by atoms with Crippen LogP contribution >= 0.6 is 0 Å². The Morgan fingerprint density at radius 1 is 1.14 bits per heavy atom. The molecule has 1 saturated carbocycles. The lowest BCUT2D eigenvalue weighted by molar-refractivity contribution is 0.194. The van der Waals surface area contributed by atoms with E-state index in [2.05, 4.69) is 21.3 Å². The molecule has 2 fully saturated rings. The SMILES string of the molecule is COc1cc(N2CCN(C(=O)NCc3cccc(OCC4CC4)c3)CC2)ccc1-c1cnc(C)o1. The third-order valence-corrected chi connectivity index (χ3v) is 6.53. The zero-order valence-corrected chi connectivity index (χ0v) is 20.3. The molecule has 8 nitrogen and oxygen atoms in total. The molecule has 1 aromatic heterocycles. The van der Waals surface area contributed by atoms with E-state index in [0.717, 1.165) is 48.0 Å². The number of oxazole rings is 1. The summed E-state index contributed by atoms with van der Waals surface area (Å²) in [6, 6.07) is 14.0. The second-order valence-electron chi connectivity index (χ2n) is 9.16. The lowest BCUT2D eigenvalue weighted by Crippen LogP contribution is -2.51. The Kier molecular flexibility index (Phi) is 6.79. The van der Waals surface area contributed by atoms with Crippen LogP contribution in [0.1, 0.15) is 24.3 Å². The maximum absolute atomic E-state index is 12.8. The normalized spacial score (nSPS) is 15.7. The number of nitrogens with zero attached hydrogens (tertiary/aromatic N) is 3. The first kappa shape index (κ1) is 23.1. The Hall–Kier alpha value is -3.68. The van der Waals surface area contributed by atoms with Gasteiger partial charge in [-0.15, -0.1) is 0 Å². The lowest BCUT2D eigenvalue weighted by Gasteiger charge is -2.36. The Labute approximate surface area is 205 Å². The summed E-state index contributed by atoms with van der Waals surface area (Å²) in [5.41, 5.74) is 2.97. The summed E-state index contributed by atoms with van der Waals surface area (Å²) in [5.74, 6) is 3.63. The minimum Gasteiger partial charge on any atom is -0.496 e. The number of ether oxygens (including phenoxy) is 2. The van der Waals surface area contributed by atoms with E-state index in [-0.39, 0.29) is 6.03 Å². The van der Waals surface area contributed by atoms with Crippen molar-refractivity contribution in [1.82, 2.24) is 15.2 Å². The third kappa shape index (κ3) is 5.70. The van der Waals surface area contributed by atoms with Gasteiger partial charge in [-0.3, -0.25) is 0 Å². The van der Waals surface area contributed by atoms with E-state index in [9.17, 15) is 4.79 Å². The highest BCUT2D eigenvalue weighted by molar-refractivity contribution is 5.75. The quantitative estimate of drug-likeness (QED) is 0.516. The number of carbonyl (C=O) groups excluding carboxylic acids is 1. The van der Waals surface area contributed by atoms with Crippen molar-refractivity contribution in [3.8, 4) is 22.8 Å². The smallest absolute Gasteiger partial charge is 0.317 e. The number of carbonyl (C=O) groups is 1. The molecule has 3 aromatic rings. The zero-order chi connectivity index (χ0) is 24.2. The number of rotatable bonds is 8. The van der Waals surface area contributed by atoms with Gasteiger partial charge < -0.3 is 29.0 Å². The number of aromatic nitrogens is 1. The number of nitrogens with one attached hydrogen (secondary N) is 1. The maximum Gasteiger partial charge on any atom is 0.317 e. The Balaban J connectivity index is 1.13. The summed E-state index contributed by atoms with van der Waals surface area (Å²) in [6.45, 7) is 5.91. The molecule has 2 aliphatic rings. The minimum atomic E-state index is -0.0393. The molecule has 0 spiro atoms. The fourth-order valence-corrected chi connectivity index (χ4v) is 4.27. The number of amides is 2. The summed E-state index contributed by atoms with van der Waals surface area (Å²) in [5, 5.41) is 3.05. The average molecular weight is 477 g/mol. The van der Waals surface area contributed by atoms with Crippen molar-refractivity contribution in [2.45, 2.75) is 26.3 Å². The van der Waals surface area contributed by atoms with E-state index in [0.29, 0.717) is 37.2 Å². The fourth-order valence-electron chi connectivity index (χ4n) is 4.27. The van der Waals surface area contributed by atoms with Crippen LogP contribution in [0.4, 0.5) is 10.5 Å². The van der Waals surface area contributed by atoms with Crippen molar-refractivity contribution in [1.29, 1.82) is 0 Å². The molecule has 35 heavy (non-hydrogen) atoms. The molecule has 2 amide bonds. The molecule has 1 saturated heterocycles. The first-order valence-electron chi connectivity index (χ1n) is 12.2. The first-order valence-corrected chi connectivity index (χ1v) is 12.2.